The summed E-state index contributed by atoms with van der Waals surface area (Å²) in [6.45, 7) is 4.01. The van der Waals surface area contributed by atoms with Gasteiger partial charge in [0.2, 0.25) is 0 Å². The number of para-hydroxylation sites is 2. The van der Waals surface area contributed by atoms with E-state index in [0.29, 0.717) is 0 Å². The topological polar surface area (TPSA) is 21.3 Å². The van der Waals surface area contributed by atoms with E-state index in [1.807, 2.05) is 6.07 Å². The van der Waals surface area contributed by atoms with Gasteiger partial charge in [0.25, 0.3) is 0 Å². The summed E-state index contributed by atoms with van der Waals surface area (Å²) in [6.07, 6.45) is 7.21. The summed E-state index contributed by atoms with van der Waals surface area (Å²) < 4.78 is 5.97. The molecule has 0 atom stereocenters. The first kappa shape index (κ1) is 17.4. The molecule has 2 heteroatoms. The third-order valence-corrected chi connectivity index (χ3v) is 3.94. The van der Waals surface area contributed by atoms with Gasteiger partial charge in [-0.25, -0.2) is 0 Å². The van der Waals surface area contributed by atoms with Gasteiger partial charge in [0.15, 0.2) is 0 Å². The standard InChI is InChI=1S/C21H29NO/c1-2-3-4-10-17-22-20-15-8-9-16-21(20)23-18-11-14-19-12-6-5-7-13-19/h5-9,12-13,15-16,22H,2-4,10-11,14,17-18H2,1H3. The van der Waals surface area contributed by atoms with Crippen molar-refractivity contribution >= 4 is 5.69 Å². The Bertz CT molecular complexity index is 539. The van der Waals surface area contributed by atoms with E-state index in [2.05, 4.69) is 60.8 Å². The summed E-state index contributed by atoms with van der Waals surface area (Å²) >= 11 is 0. The first-order valence-corrected chi connectivity index (χ1v) is 8.90. The van der Waals surface area contributed by atoms with E-state index in [0.717, 1.165) is 37.4 Å². The molecule has 124 valence electrons. The molecule has 0 amide bonds. The molecule has 2 rings (SSSR count). The van der Waals surface area contributed by atoms with Crippen molar-refractivity contribution in [1.29, 1.82) is 0 Å². The molecular formula is C21H29NO. The number of anilines is 1. The highest BCUT2D eigenvalue weighted by Crippen LogP contribution is 2.24. The fourth-order valence-electron chi connectivity index (χ4n) is 2.62. The second-order valence-corrected chi connectivity index (χ2v) is 5.92. The van der Waals surface area contributed by atoms with Gasteiger partial charge < -0.3 is 10.1 Å². The molecule has 0 saturated heterocycles. The van der Waals surface area contributed by atoms with Gasteiger partial charge in [-0.05, 0) is 37.0 Å². The summed E-state index contributed by atoms with van der Waals surface area (Å²) in [4.78, 5) is 0. The highest BCUT2D eigenvalue weighted by atomic mass is 16.5. The average Bonchev–Trinajstić information content (AvgIpc) is 2.60. The lowest BCUT2D eigenvalue weighted by Crippen LogP contribution is -2.05. The predicted octanol–water partition coefficient (Wildman–Crippen LogP) is 5.69. The molecule has 2 aromatic rings. The van der Waals surface area contributed by atoms with E-state index in [9.17, 15) is 0 Å². The Hall–Kier alpha value is -1.96. The molecule has 0 aromatic heterocycles. The number of aryl methyl sites for hydroxylation is 1. The zero-order chi connectivity index (χ0) is 16.2. The van der Waals surface area contributed by atoms with Crippen molar-refractivity contribution in [3.63, 3.8) is 0 Å². The molecule has 0 aliphatic heterocycles. The first-order chi connectivity index (χ1) is 11.4. The fourth-order valence-corrected chi connectivity index (χ4v) is 2.62. The minimum Gasteiger partial charge on any atom is -0.491 e. The van der Waals surface area contributed by atoms with E-state index >= 15 is 0 Å². The Morgan fingerprint density at radius 2 is 1.61 bits per heavy atom. The molecule has 0 heterocycles. The normalized spacial score (nSPS) is 10.5. The smallest absolute Gasteiger partial charge is 0.142 e. The SMILES string of the molecule is CCCCCCNc1ccccc1OCCCc1ccccc1. The van der Waals surface area contributed by atoms with Gasteiger partial charge in [-0.15, -0.1) is 0 Å². The molecule has 0 aliphatic carbocycles. The maximum Gasteiger partial charge on any atom is 0.142 e. The Morgan fingerprint density at radius 3 is 2.43 bits per heavy atom. The quantitative estimate of drug-likeness (QED) is 0.538. The number of ether oxygens (including phenoxy) is 1. The third kappa shape index (κ3) is 6.77. The largest absolute Gasteiger partial charge is 0.491 e. The van der Waals surface area contributed by atoms with E-state index < -0.39 is 0 Å². The minimum absolute atomic E-state index is 0.753. The number of nitrogens with one attached hydrogen (secondary N) is 1. The van der Waals surface area contributed by atoms with Crippen LogP contribution in [0.2, 0.25) is 0 Å². The van der Waals surface area contributed by atoms with Crippen molar-refractivity contribution in [2.75, 3.05) is 18.5 Å². The van der Waals surface area contributed by atoms with Crippen LogP contribution in [0.25, 0.3) is 0 Å². The molecule has 2 nitrogen and oxygen atoms in total. The molecular weight excluding hydrogens is 282 g/mol. The van der Waals surface area contributed by atoms with Crippen LogP contribution < -0.4 is 10.1 Å². The number of benzene rings is 2. The zero-order valence-corrected chi connectivity index (χ0v) is 14.3. The summed E-state index contributed by atoms with van der Waals surface area (Å²) in [5.74, 6) is 0.969. The minimum atomic E-state index is 0.753. The highest BCUT2D eigenvalue weighted by Gasteiger charge is 2.02. The van der Waals surface area contributed by atoms with Gasteiger partial charge in [0.05, 0.1) is 12.3 Å². The number of unbranched alkanes of at least 4 members (excludes halogenated alkanes) is 3. The van der Waals surface area contributed by atoms with Gasteiger partial charge >= 0.3 is 0 Å². The monoisotopic (exact) mass is 311 g/mol. The van der Waals surface area contributed by atoms with Crippen LogP contribution in [0, 0.1) is 0 Å². The van der Waals surface area contributed by atoms with E-state index in [4.69, 9.17) is 4.74 Å². The maximum absolute atomic E-state index is 5.97. The van der Waals surface area contributed by atoms with Gasteiger partial charge in [0, 0.05) is 6.54 Å². The van der Waals surface area contributed by atoms with Crippen molar-refractivity contribution in [1.82, 2.24) is 0 Å². The second-order valence-electron chi connectivity index (χ2n) is 5.92. The summed E-state index contributed by atoms with van der Waals surface area (Å²) in [5, 5.41) is 3.51. The molecule has 0 unspecified atom stereocenters. The summed E-state index contributed by atoms with van der Waals surface area (Å²) in [7, 11) is 0. The van der Waals surface area contributed by atoms with Gasteiger partial charge in [-0.1, -0.05) is 68.7 Å². The van der Waals surface area contributed by atoms with Crippen LogP contribution in [0.3, 0.4) is 0 Å². The van der Waals surface area contributed by atoms with Crippen LogP contribution in [0.5, 0.6) is 5.75 Å². The molecule has 0 bridgehead atoms. The lowest BCUT2D eigenvalue weighted by atomic mass is 10.1. The molecule has 0 radical (unpaired) electrons. The first-order valence-electron chi connectivity index (χ1n) is 8.90. The Labute approximate surface area is 140 Å². The Balaban J connectivity index is 1.71. The van der Waals surface area contributed by atoms with Crippen LogP contribution in [0.15, 0.2) is 54.6 Å². The maximum atomic E-state index is 5.97. The van der Waals surface area contributed by atoms with Gasteiger partial charge in [0.1, 0.15) is 5.75 Å². The number of rotatable bonds is 11. The van der Waals surface area contributed by atoms with E-state index in [1.54, 1.807) is 0 Å². The van der Waals surface area contributed by atoms with Crippen molar-refractivity contribution in [2.24, 2.45) is 0 Å². The van der Waals surface area contributed by atoms with Crippen molar-refractivity contribution in [3.8, 4) is 5.75 Å². The fraction of sp³-hybridized carbons (Fsp3) is 0.429. The molecule has 23 heavy (non-hydrogen) atoms. The van der Waals surface area contributed by atoms with Gasteiger partial charge in [-0.2, -0.15) is 0 Å². The van der Waals surface area contributed by atoms with E-state index in [-0.39, 0.29) is 0 Å². The Kier molecular flexibility index (Phi) is 8.10. The van der Waals surface area contributed by atoms with Crippen LogP contribution in [-0.2, 0) is 6.42 Å². The third-order valence-electron chi connectivity index (χ3n) is 3.94. The van der Waals surface area contributed by atoms with Crippen LogP contribution >= 0.6 is 0 Å². The van der Waals surface area contributed by atoms with Crippen molar-refractivity contribution < 1.29 is 4.74 Å². The molecule has 2 aromatic carbocycles. The lowest BCUT2D eigenvalue weighted by molar-refractivity contribution is 0.312. The summed E-state index contributed by atoms with van der Waals surface area (Å²) in [6, 6.07) is 18.8. The summed E-state index contributed by atoms with van der Waals surface area (Å²) in [5.41, 5.74) is 2.49. The van der Waals surface area contributed by atoms with E-state index in [1.165, 1.54) is 31.2 Å². The van der Waals surface area contributed by atoms with Crippen LogP contribution in [0.4, 0.5) is 5.69 Å². The lowest BCUT2D eigenvalue weighted by Gasteiger charge is -2.13. The van der Waals surface area contributed by atoms with Gasteiger partial charge in [-0.3, -0.25) is 0 Å². The molecule has 1 N–H and O–H groups in total. The highest BCUT2D eigenvalue weighted by molar-refractivity contribution is 5.56. The predicted molar refractivity (Wildman–Crippen MR) is 99.3 cm³/mol. The molecule has 0 aliphatic rings. The van der Waals surface area contributed by atoms with Crippen molar-refractivity contribution in [2.45, 2.75) is 45.4 Å². The van der Waals surface area contributed by atoms with Crippen LogP contribution in [0.1, 0.15) is 44.6 Å². The Morgan fingerprint density at radius 1 is 0.826 bits per heavy atom. The zero-order valence-electron chi connectivity index (χ0n) is 14.3. The number of hydrogen-bond acceptors (Lipinski definition) is 2. The van der Waals surface area contributed by atoms with Crippen LogP contribution in [-0.4, -0.2) is 13.2 Å². The van der Waals surface area contributed by atoms with Crippen molar-refractivity contribution in [3.05, 3.63) is 60.2 Å². The average molecular weight is 311 g/mol. The molecule has 0 fully saturated rings. The molecule has 0 spiro atoms. The number of hydrogen-bond donors (Lipinski definition) is 1. The second kappa shape index (κ2) is 10.7. The molecule has 0 saturated carbocycles.